The van der Waals surface area contributed by atoms with Gasteiger partial charge in [-0.05, 0) is 48.5 Å². The Hall–Kier alpha value is -2.41. The number of hydroxylamine groups is 1. The Bertz CT molecular complexity index is 961. The lowest BCUT2D eigenvalue weighted by Gasteiger charge is -2.18. The van der Waals surface area contributed by atoms with Gasteiger partial charge in [-0.3, -0.25) is 19.9 Å². The van der Waals surface area contributed by atoms with E-state index in [2.05, 4.69) is 5.48 Å². The third-order valence-corrected chi connectivity index (χ3v) is 4.80. The van der Waals surface area contributed by atoms with E-state index in [9.17, 15) is 14.0 Å². The van der Waals surface area contributed by atoms with Crippen molar-refractivity contribution in [2.45, 2.75) is 12.0 Å². The summed E-state index contributed by atoms with van der Waals surface area (Å²) in [6.07, 6.45) is 1.36. The first kappa shape index (κ1) is 17.0. The molecular formula is C18H11Cl2FN2O3. The molecule has 1 fully saturated rings. The molecule has 2 heterocycles. The summed E-state index contributed by atoms with van der Waals surface area (Å²) < 4.78 is 13.1. The lowest BCUT2D eigenvalue weighted by Crippen LogP contribution is -2.40. The summed E-state index contributed by atoms with van der Waals surface area (Å²) in [5.41, 5.74) is 2.55. The highest BCUT2D eigenvalue weighted by atomic mass is 35.5. The predicted molar refractivity (Wildman–Crippen MR) is 94.9 cm³/mol. The Balaban J connectivity index is 1.69. The van der Waals surface area contributed by atoms with E-state index in [0.717, 1.165) is 4.90 Å². The second-order valence-electron chi connectivity index (χ2n) is 5.96. The molecule has 0 aromatic heterocycles. The highest BCUT2D eigenvalue weighted by Crippen LogP contribution is 2.39. The molecule has 2 aromatic rings. The first-order valence-corrected chi connectivity index (χ1v) is 8.40. The number of imide groups is 1. The molecule has 2 amide bonds. The van der Waals surface area contributed by atoms with E-state index in [1.165, 1.54) is 30.3 Å². The minimum Gasteiger partial charge on any atom is -0.274 e. The molecule has 4 rings (SSSR count). The Labute approximate surface area is 157 Å². The fourth-order valence-corrected chi connectivity index (χ4v) is 3.51. The fourth-order valence-electron chi connectivity index (χ4n) is 3.00. The summed E-state index contributed by atoms with van der Waals surface area (Å²) in [6.45, 7) is 0. The number of hydrogen-bond donors (Lipinski definition) is 1. The summed E-state index contributed by atoms with van der Waals surface area (Å²) in [6, 6.07) is 10.0. The third-order valence-electron chi connectivity index (χ3n) is 4.26. The van der Waals surface area contributed by atoms with Crippen molar-refractivity contribution in [1.29, 1.82) is 0 Å². The quantitative estimate of drug-likeness (QED) is 0.791. The van der Waals surface area contributed by atoms with Crippen molar-refractivity contribution >= 4 is 46.4 Å². The van der Waals surface area contributed by atoms with Crippen LogP contribution in [0.25, 0.3) is 5.70 Å². The van der Waals surface area contributed by atoms with Crippen LogP contribution >= 0.6 is 23.2 Å². The van der Waals surface area contributed by atoms with Crippen LogP contribution < -0.4 is 10.4 Å². The molecule has 0 radical (unpaired) electrons. The van der Waals surface area contributed by atoms with Gasteiger partial charge in [-0.1, -0.05) is 23.2 Å². The smallest absolute Gasteiger partial charge is 0.273 e. The van der Waals surface area contributed by atoms with Crippen LogP contribution in [0.5, 0.6) is 0 Å². The zero-order valence-corrected chi connectivity index (χ0v) is 14.6. The number of rotatable bonds is 2. The monoisotopic (exact) mass is 392 g/mol. The molecule has 2 aromatic carbocycles. The SMILES string of the molecule is O=C1C[C@]2(C=C(c3ccc(Cl)cc3Cl)NO2)C(=O)N1c1ccc(F)cc1. The number of carbonyl (C=O) groups is 2. The number of carbonyl (C=O) groups excluding carboxylic acids is 2. The fraction of sp³-hybridized carbons (Fsp3) is 0.111. The molecule has 1 atom stereocenters. The van der Waals surface area contributed by atoms with Gasteiger partial charge in [-0.2, -0.15) is 0 Å². The summed E-state index contributed by atoms with van der Waals surface area (Å²) in [7, 11) is 0. The van der Waals surface area contributed by atoms with E-state index in [0.29, 0.717) is 21.3 Å². The Morgan fingerprint density at radius 3 is 2.54 bits per heavy atom. The molecule has 8 heteroatoms. The van der Waals surface area contributed by atoms with Crippen LogP contribution in [0.15, 0.2) is 48.5 Å². The van der Waals surface area contributed by atoms with Crippen LogP contribution in [0.1, 0.15) is 12.0 Å². The molecule has 2 aliphatic rings. The number of hydrogen-bond acceptors (Lipinski definition) is 4. The standard InChI is InChI=1S/C18H11Cl2FN2O3/c19-10-1-6-13(14(20)7-10)15-8-18(26-22-15)9-16(24)23(17(18)25)12-4-2-11(21)3-5-12/h1-8,22H,9H2/t18-/m1/s1. The number of nitrogens with one attached hydrogen (secondary N) is 1. The van der Waals surface area contributed by atoms with Crippen molar-refractivity contribution in [1.82, 2.24) is 5.48 Å². The van der Waals surface area contributed by atoms with Gasteiger partial charge < -0.3 is 0 Å². The van der Waals surface area contributed by atoms with Gasteiger partial charge in [0.15, 0.2) is 0 Å². The lowest BCUT2D eigenvalue weighted by atomic mass is 9.99. The van der Waals surface area contributed by atoms with Gasteiger partial charge in [-0.25, -0.2) is 9.29 Å². The van der Waals surface area contributed by atoms with E-state index in [1.807, 2.05) is 0 Å². The van der Waals surface area contributed by atoms with Crippen molar-refractivity contribution in [3.05, 3.63) is 70.0 Å². The number of amides is 2. The summed E-state index contributed by atoms with van der Waals surface area (Å²) in [4.78, 5) is 31.8. The summed E-state index contributed by atoms with van der Waals surface area (Å²) in [5.74, 6) is -1.45. The molecule has 0 unspecified atom stereocenters. The lowest BCUT2D eigenvalue weighted by molar-refractivity contribution is -0.136. The number of anilines is 1. The normalized spacial score (nSPS) is 22.1. The molecular weight excluding hydrogens is 382 g/mol. The van der Waals surface area contributed by atoms with Crippen LogP contribution in [0.3, 0.4) is 0 Å². The summed E-state index contributed by atoms with van der Waals surface area (Å²) >= 11 is 12.1. The van der Waals surface area contributed by atoms with Crippen LogP contribution in [0, 0.1) is 5.82 Å². The molecule has 0 saturated carbocycles. The van der Waals surface area contributed by atoms with Gasteiger partial charge in [0.2, 0.25) is 11.5 Å². The molecule has 0 aliphatic carbocycles. The van der Waals surface area contributed by atoms with Gasteiger partial charge in [0.1, 0.15) is 5.82 Å². The maximum absolute atomic E-state index is 13.1. The number of benzene rings is 2. The van der Waals surface area contributed by atoms with Gasteiger partial charge in [0.25, 0.3) is 5.91 Å². The second kappa shape index (κ2) is 6.09. The van der Waals surface area contributed by atoms with Crippen LogP contribution in [0.4, 0.5) is 10.1 Å². The maximum atomic E-state index is 13.1. The first-order chi connectivity index (χ1) is 12.4. The van der Waals surface area contributed by atoms with Crippen molar-refractivity contribution in [2.24, 2.45) is 0 Å². The molecule has 2 aliphatic heterocycles. The molecule has 1 N–H and O–H groups in total. The van der Waals surface area contributed by atoms with Crippen molar-refractivity contribution < 1.29 is 18.8 Å². The Kier molecular flexibility index (Phi) is 3.99. The van der Waals surface area contributed by atoms with Gasteiger partial charge in [0, 0.05) is 10.6 Å². The van der Waals surface area contributed by atoms with E-state index in [4.69, 9.17) is 28.0 Å². The zero-order valence-electron chi connectivity index (χ0n) is 13.1. The average Bonchev–Trinajstić information content (AvgIpc) is 3.11. The number of halogens is 3. The van der Waals surface area contributed by atoms with Crippen LogP contribution in [-0.4, -0.2) is 17.4 Å². The van der Waals surface area contributed by atoms with Gasteiger partial charge in [-0.15, -0.1) is 0 Å². The highest BCUT2D eigenvalue weighted by Gasteiger charge is 2.55. The third kappa shape index (κ3) is 2.67. The number of nitrogens with zero attached hydrogens (tertiary/aromatic N) is 1. The molecule has 0 bridgehead atoms. The largest absolute Gasteiger partial charge is 0.274 e. The topological polar surface area (TPSA) is 58.6 Å². The van der Waals surface area contributed by atoms with E-state index in [-0.39, 0.29) is 12.1 Å². The minimum absolute atomic E-state index is 0.176. The Morgan fingerprint density at radius 1 is 1.12 bits per heavy atom. The first-order valence-electron chi connectivity index (χ1n) is 7.65. The second-order valence-corrected chi connectivity index (χ2v) is 6.81. The molecule has 1 saturated heterocycles. The van der Waals surface area contributed by atoms with Crippen molar-refractivity contribution in [3.8, 4) is 0 Å². The maximum Gasteiger partial charge on any atom is 0.273 e. The minimum atomic E-state index is -1.47. The van der Waals surface area contributed by atoms with Crippen LogP contribution in [-0.2, 0) is 14.4 Å². The summed E-state index contributed by atoms with van der Waals surface area (Å²) in [5, 5.41) is 0.853. The van der Waals surface area contributed by atoms with E-state index in [1.54, 1.807) is 18.2 Å². The van der Waals surface area contributed by atoms with Gasteiger partial charge in [0.05, 0.1) is 22.8 Å². The molecule has 26 heavy (non-hydrogen) atoms. The average molecular weight is 393 g/mol. The van der Waals surface area contributed by atoms with Gasteiger partial charge >= 0.3 is 0 Å². The highest BCUT2D eigenvalue weighted by molar-refractivity contribution is 6.35. The van der Waals surface area contributed by atoms with E-state index >= 15 is 0 Å². The van der Waals surface area contributed by atoms with Crippen molar-refractivity contribution in [3.63, 3.8) is 0 Å². The predicted octanol–water partition coefficient (Wildman–Crippen LogP) is 3.71. The van der Waals surface area contributed by atoms with Crippen molar-refractivity contribution in [2.75, 3.05) is 4.90 Å². The molecule has 1 spiro atoms. The molecule has 5 nitrogen and oxygen atoms in total. The molecule has 132 valence electrons. The Morgan fingerprint density at radius 2 is 1.85 bits per heavy atom. The van der Waals surface area contributed by atoms with E-state index < -0.39 is 23.2 Å². The zero-order chi connectivity index (χ0) is 18.5. The van der Waals surface area contributed by atoms with Crippen LogP contribution in [0.2, 0.25) is 10.0 Å².